The summed E-state index contributed by atoms with van der Waals surface area (Å²) in [5.41, 5.74) is 0.399. The van der Waals surface area contributed by atoms with Crippen LogP contribution in [0.2, 0.25) is 0 Å². The monoisotopic (exact) mass is 269 g/mol. The first-order valence-electron chi connectivity index (χ1n) is 5.59. The van der Waals surface area contributed by atoms with Crippen LogP contribution in [0, 0.1) is 0 Å². The van der Waals surface area contributed by atoms with Crippen LogP contribution in [-0.2, 0) is 0 Å². The number of amides is 1. The molecule has 7 heteroatoms. The molecule has 0 N–H and O–H groups in total. The normalized spacial score (nSPS) is 15.3. The van der Waals surface area contributed by atoms with Gasteiger partial charge in [-0.3, -0.25) is 4.79 Å². The van der Waals surface area contributed by atoms with E-state index >= 15 is 0 Å². The second kappa shape index (κ2) is 5.90. The van der Waals surface area contributed by atoms with E-state index in [1.165, 1.54) is 14.2 Å². The number of methoxy groups -OCH3 is 2. The van der Waals surface area contributed by atoms with Crippen LogP contribution in [0.25, 0.3) is 0 Å². The van der Waals surface area contributed by atoms with Crippen molar-refractivity contribution in [2.45, 2.75) is 0 Å². The van der Waals surface area contributed by atoms with Crippen LogP contribution < -0.4 is 9.47 Å². The topological polar surface area (TPSA) is 64.5 Å². The Morgan fingerprint density at radius 2 is 2.00 bits per heavy atom. The van der Waals surface area contributed by atoms with Crippen LogP contribution in [0.15, 0.2) is 6.07 Å². The highest BCUT2D eigenvalue weighted by Crippen LogP contribution is 2.21. The second-order valence-electron chi connectivity index (χ2n) is 3.71. The number of ether oxygens (including phenoxy) is 2. The average Bonchev–Trinajstić information content (AvgIpc) is 2.46. The minimum absolute atomic E-state index is 0.0830. The number of carbonyl (C=O) groups is 1. The quantitative estimate of drug-likeness (QED) is 0.804. The summed E-state index contributed by atoms with van der Waals surface area (Å²) in [5.74, 6) is 2.39. The van der Waals surface area contributed by atoms with Gasteiger partial charge in [0.05, 0.1) is 14.2 Å². The van der Waals surface area contributed by atoms with Gasteiger partial charge >= 0.3 is 0 Å². The van der Waals surface area contributed by atoms with Crippen LogP contribution in [0.3, 0.4) is 0 Å². The van der Waals surface area contributed by atoms with Crippen LogP contribution in [-0.4, -0.2) is 59.8 Å². The molecule has 1 amide bonds. The molecule has 6 nitrogen and oxygen atoms in total. The van der Waals surface area contributed by atoms with Crippen LogP contribution in [0.1, 0.15) is 10.4 Å². The molecule has 1 saturated heterocycles. The van der Waals surface area contributed by atoms with Gasteiger partial charge in [-0.25, -0.2) is 0 Å². The molecule has 0 bridgehead atoms. The Hall–Kier alpha value is -1.50. The summed E-state index contributed by atoms with van der Waals surface area (Å²) in [7, 11) is 2.96. The Bertz CT molecular complexity index is 436. The minimum Gasteiger partial charge on any atom is -0.480 e. The molecule has 2 heterocycles. The molecule has 0 aromatic carbocycles. The highest BCUT2D eigenvalue weighted by Gasteiger charge is 2.23. The van der Waals surface area contributed by atoms with Crippen molar-refractivity contribution < 1.29 is 14.3 Å². The number of thioether (sulfide) groups is 1. The van der Waals surface area contributed by atoms with Gasteiger partial charge in [-0.15, -0.1) is 10.2 Å². The molecule has 0 aliphatic carbocycles. The predicted molar refractivity (Wildman–Crippen MR) is 68.4 cm³/mol. The summed E-state index contributed by atoms with van der Waals surface area (Å²) in [6.07, 6.45) is 0. The van der Waals surface area contributed by atoms with Crippen molar-refractivity contribution in [1.82, 2.24) is 15.1 Å². The molecule has 0 spiro atoms. The van der Waals surface area contributed by atoms with Crippen LogP contribution in [0.4, 0.5) is 0 Å². The third-order valence-electron chi connectivity index (χ3n) is 2.67. The van der Waals surface area contributed by atoms with Crippen molar-refractivity contribution >= 4 is 17.7 Å². The maximum absolute atomic E-state index is 12.4. The van der Waals surface area contributed by atoms with Gasteiger partial charge in [-0.2, -0.15) is 11.8 Å². The summed E-state index contributed by atoms with van der Waals surface area (Å²) >= 11 is 1.85. The molecule has 2 rings (SSSR count). The fourth-order valence-electron chi connectivity index (χ4n) is 1.70. The number of rotatable bonds is 3. The van der Waals surface area contributed by atoms with E-state index in [-0.39, 0.29) is 11.8 Å². The maximum Gasteiger partial charge on any atom is 0.259 e. The fraction of sp³-hybridized carbons (Fsp3) is 0.545. The van der Waals surface area contributed by atoms with Crippen molar-refractivity contribution in [3.8, 4) is 11.8 Å². The maximum atomic E-state index is 12.4. The molecule has 98 valence electrons. The van der Waals surface area contributed by atoms with Crippen molar-refractivity contribution in [2.24, 2.45) is 0 Å². The number of carbonyl (C=O) groups excluding carboxylic acids is 1. The van der Waals surface area contributed by atoms with E-state index in [4.69, 9.17) is 9.47 Å². The van der Waals surface area contributed by atoms with Gasteiger partial charge in [-0.05, 0) is 0 Å². The SMILES string of the molecule is COc1cc(C(=O)N2CCSCC2)c(OC)nn1. The number of hydrogen-bond donors (Lipinski definition) is 0. The lowest BCUT2D eigenvalue weighted by molar-refractivity contribution is 0.0767. The molecule has 0 radical (unpaired) electrons. The minimum atomic E-state index is -0.0830. The van der Waals surface area contributed by atoms with Crippen molar-refractivity contribution in [3.05, 3.63) is 11.6 Å². The van der Waals surface area contributed by atoms with E-state index in [1.807, 2.05) is 11.8 Å². The van der Waals surface area contributed by atoms with Gasteiger partial charge in [-0.1, -0.05) is 0 Å². The summed E-state index contributed by atoms with van der Waals surface area (Å²) in [6.45, 7) is 1.49. The zero-order valence-corrected chi connectivity index (χ0v) is 11.2. The Kier molecular flexibility index (Phi) is 4.24. The van der Waals surface area contributed by atoms with Crippen molar-refractivity contribution in [3.63, 3.8) is 0 Å². The first-order chi connectivity index (χ1) is 8.76. The molecule has 1 aliphatic rings. The van der Waals surface area contributed by atoms with Gasteiger partial charge in [0.25, 0.3) is 5.91 Å². The Labute approximate surface area is 110 Å². The number of aromatic nitrogens is 2. The number of nitrogens with zero attached hydrogens (tertiary/aromatic N) is 3. The lowest BCUT2D eigenvalue weighted by Crippen LogP contribution is -2.38. The highest BCUT2D eigenvalue weighted by atomic mass is 32.2. The molecular weight excluding hydrogens is 254 g/mol. The molecule has 18 heavy (non-hydrogen) atoms. The summed E-state index contributed by atoms with van der Waals surface area (Å²) in [6, 6.07) is 1.57. The smallest absolute Gasteiger partial charge is 0.259 e. The zero-order valence-electron chi connectivity index (χ0n) is 10.4. The first kappa shape index (κ1) is 12.9. The van der Waals surface area contributed by atoms with Gasteiger partial charge < -0.3 is 14.4 Å². The standard InChI is InChI=1S/C11H15N3O3S/c1-16-9-7-8(10(17-2)13-12-9)11(15)14-3-5-18-6-4-14/h7H,3-6H2,1-2H3. The molecule has 0 atom stereocenters. The van der Waals surface area contributed by atoms with Gasteiger partial charge in [0, 0.05) is 30.7 Å². The molecule has 1 aromatic rings. The fourth-order valence-corrected chi connectivity index (χ4v) is 2.61. The van der Waals surface area contributed by atoms with Gasteiger partial charge in [0.2, 0.25) is 11.8 Å². The first-order valence-corrected chi connectivity index (χ1v) is 6.74. The molecule has 1 fully saturated rings. The van der Waals surface area contributed by atoms with Crippen molar-refractivity contribution in [2.75, 3.05) is 38.8 Å². The van der Waals surface area contributed by atoms with Gasteiger partial charge in [0.1, 0.15) is 5.56 Å². The number of hydrogen-bond acceptors (Lipinski definition) is 6. The van der Waals surface area contributed by atoms with E-state index in [1.54, 1.807) is 11.0 Å². The van der Waals surface area contributed by atoms with Gasteiger partial charge in [0.15, 0.2) is 0 Å². The summed E-state index contributed by atoms with van der Waals surface area (Å²) < 4.78 is 10.1. The lowest BCUT2D eigenvalue weighted by Gasteiger charge is -2.26. The average molecular weight is 269 g/mol. The second-order valence-corrected chi connectivity index (χ2v) is 4.94. The van der Waals surface area contributed by atoms with E-state index in [0.29, 0.717) is 11.4 Å². The van der Waals surface area contributed by atoms with E-state index in [9.17, 15) is 4.79 Å². The molecule has 0 saturated carbocycles. The van der Waals surface area contributed by atoms with E-state index < -0.39 is 0 Å². The van der Waals surface area contributed by atoms with Crippen molar-refractivity contribution in [1.29, 1.82) is 0 Å². The highest BCUT2D eigenvalue weighted by molar-refractivity contribution is 7.99. The third kappa shape index (κ3) is 2.66. The molecule has 1 aromatic heterocycles. The van der Waals surface area contributed by atoms with E-state index in [2.05, 4.69) is 10.2 Å². The van der Waals surface area contributed by atoms with E-state index in [0.717, 1.165) is 24.6 Å². The Morgan fingerprint density at radius 1 is 1.28 bits per heavy atom. The Morgan fingerprint density at radius 3 is 2.61 bits per heavy atom. The zero-order chi connectivity index (χ0) is 13.0. The Balaban J connectivity index is 2.26. The molecular formula is C11H15N3O3S. The third-order valence-corrected chi connectivity index (χ3v) is 3.61. The summed E-state index contributed by atoms with van der Waals surface area (Å²) in [5, 5.41) is 7.62. The lowest BCUT2D eigenvalue weighted by atomic mass is 10.2. The summed E-state index contributed by atoms with van der Waals surface area (Å²) in [4.78, 5) is 14.2. The van der Waals surface area contributed by atoms with Crippen LogP contribution >= 0.6 is 11.8 Å². The molecule has 0 unspecified atom stereocenters. The van der Waals surface area contributed by atoms with Crippen LogP contribution in [0.5, 0.6) is 11.8 Å². The largest absolute Gasteiger partial charge is 0.480 e. The predicted octanol–water partition coefficient (Wildman–Crippen LogP) is 0.683. The molecule has 1 aliphatic heterocycles.